The van der Waals surface area contributed by atoms with Gasteiger partial charge in [0.1, 0.15) is 11.4 Å². The zero-order chi connectivity index (χ0) is 25.6. The first kappa shape index (κ1) is 24.9. The van der Waals surface area contributed by atoms with Gasteiger partial charge in [0.05, 0.1) is 23.2 Å². The molecule has 2 saturated heterocycles. The van der Waals surface area contributed by atoms with Crippen LogP contribution in [0.3, 0.4) is 0 Å². The van der Waals surface area contributed by atoms with E-state index in [0.29, 0.717) is 24.6 Å². The monoisotopic (exact) mass is 512 g/mol. The second-order valence-electron chi connectivity index (χ2n) is 8.77. The molecule has 2 aromatic rings. The standard InChI is InChI=1S/C22H23F3N4O5S/c1-21(2)19(30)29(16-3-5-17(6-4-16)35(32,33)22(23,24)25)20(31)28(21)12-14-7-9-26-18(11-14)27-15-8-10-34-13-15/h3-7,9,11,15H,8,10,12-13H2,1-2H3,(H,26,27)/t15-/m0/s1. The number of carbonyl (C=O) groups is 2. The van der Waals surface area contributed by atoms with Crippen molar-refractivity contribution in [3.05, 3.63) is 48.2 Å². The van der Waals surface area contributed by atoms with Crippen molar-refractivity contribution in [2.75, 3.05) is 23.4 Å². The predicted molar refractivity (Wildman–Crippen MR) is 119 cm³/mol. The first-order chi connectivity index (χ1) is 16.3. The lowest BCUT2D eigenvalue weighted by molar-refractivity contribution is -0.123. The molecule has 0 unspecified atom stereocenters. The molecule has 1 atom stereocenters. The SMILES string of the molecule is CC1(C)C(=O)N(c2ccc(S(=O)(=O)C(F)(F)F)cc2)C(=O)N1Cc1ccnc(N[C@H]2CCOC2)c1. The maximum absolute atomic E-state index is 13.2. The number of nitrogens with zero attached hydrogens (tertiary/aromatic N) is 3. The highest BCUT2D eigenvalue weighted by Gasteiger charge is 2.52. The molecule has 2 aliphatic heterocycles. The summed E-state index contributed by atoms with van der Waals surface area (Å²) in [6.07, 6.45) is 2.43. The number of urea groups is 1. The van der Waals surface area contributed by atoms with Crippen LogP contribution >= 0.6 is 0 Å². The van der Waals surface area contributed by atoms with Gasteiger partial charge in [-0.25, -0.2) is 23.1 Å². The summed E-state index contributed by atoms with van der Waals surface area (Å²) in [6.45, 7) is 4.43. The van der Waals surface area contributed by atoms with Crippen molar-refractivity contribution >= 4 is 33.3 Å². The van der Waals surface area contributed by atoms with Crippen LogP contribution < -0.4 is 10.2 Å². The molecule has 188 valence electrons. The van der Waals surface area contributed by atoms with Crippen LogP contribution in [0.25, 0.3) is 0 Å². The number of aromatic nitrogens is 1. The quantitative estimate of drug-likeness (QED) is 0.592. The molecule has 0 aliphatic carbocycles. The van der Waals surface area contributed by atoms with E-state index in [1.807, 2.05) is 0 Å². The molecule has 2 aliphatic rings. The average Bonchev–Trinajstić information content (AvgIpc) is 3.35. The van der Waals surface area contributed by atoms with E-state index < -0.39 is 37.7 Å². The van der Waals surface area contributed by atoms with Gasteiger partial charge in [0.15, 0.2) is 0 Å². The Morgan fingerprint density at radius 2 is 1.86 bits per heavy atom. The Labute approximate surface area is 199 Å². The lowest BCUT2D eigenvalue weighted by Crippen LogP contribution is -2.43. The smallest absolute Gasteiger partial charge is 0.379 e. The van der Waals surface area contributed by atoms with Crippen LogP contribution in [-0.4, -0.2) is 60.5 Å². The van der Waals surface area contributed by atoms with E-state index in [0.717, 1.165) is 35.6 Å². The molecule has 1 N–H and O–H groups in total. The molecule has 1 aromatic heterocycles. The normalized spacial score (nSPS) is 20.5. The number of imide groups is 1. The summed E-state index contributed by atoms with van der Waals surface area (Å²) in [5.41, 5.74) is -6.04. The lowest BCUT2D eigenvalue weighted by atomic mass is 10.0. The van der Waals surface area contributed by atoms with Crippen LogP contribution in [-0.2, 0) is 25.9 Å². The van der Waals surface area contributed by atoms with E-state index in [2.05, 4.69) is 10.3 Å². The van der Waals surface area contributed by atoms with Gasteiger partial charge in [-0.15, -0.1) is 0 Å². The predicted octanol–water partition coefficient (Wildman–Crippen LogP) is 3.32. The highest BCUT2D eigenvalue weighted by Crippen LogP contribution is 2.35. The number of hydrogen-bond acceptors (Lipinski definition) is 7. The van der Waals surface area contributed by atoms with Gasteiger partial charge in [-0.1, -0.05) is 0 Å². The minimum absolute atomic E-state index is 0.0324. The highest BCUT2D eigenvalue weighted by molar-refractivity contribution is 7.92. The molecule has 3 heterocycles. The van der Waals surface area contributed by atoms with Crippen LogP contribution in [0.5, 0.6) is 0 Å². The van der Waals surface area contributed by atoms with Crippen molar-refractivity contribution < 1.29 is 35.9 Å². The number of alkyl halides is 3. The lowest BCUT2D eigenvalue weighted by Gasteiger charge is -2.27. The second-order valence-corrected chi connectivity index (χ2v) is 10.7. The van der Waals surface area contributed by atoms with Crippen LogP contribution in [0.2, 0.25) is 0 Å². The van der Waals surface area contributed by atoms with Crippen LogP contribution in [0.15, 0.2) is 47.5 Å². The number of hydrogen-bond donors (Lipinski definition) is 1. The molecule has 35 heavy (non-hydrogen) atoms. The molecule has 9 nitrogen and oxygen atoms in total. The van der Waals surface area contributed by atoms with E-state index in [9.17, 15) is 31.2 Å². The number of rotatable bonds is 6. The molecule has 1 aromatic carbocycles. The summed E-state index contributed by atoms with van der Waals surface area (Å²) < 4.78 is 67.0. The van der Waals surface area contributed by atoms with Gasteiger partial charge >= 0.3 is 11.5 Å². The highest BCUT2D eigenvalue weighted by atomic mass is 32.2. The average molecular weight is 513 g/mol. The molecule has 0 bridgehead atoms. The number of amides is 3. The Morgan fingerprint density at radius 1 is 1.17 bits per heavy atom. The number of pyridine rings is 1. The van der Waals surface area contributed by atoms with Gasteiger partial charge in [-0.2, -0.15) is 13.2 Å². The summed E-state index contributed by atoms with van der Waals surface area (Å²) in [5.74, 6) is 0.0107. The van der Waals surface area contributed by atoms with Crippen molar-refractivity contribution in [3.8, 4) is 0 Å². The first-order valence-electron chi connectivity index (χ1n) is 10.7. The van der Waals surface area contributed by atoms with Gasteiger partial charge in [0.25, 0.3) is 15.7 Å². The number of nitrogens with one attached hydrogen (secondary N) is 1. The number of ether oxygens (including phenoxy) is 1. The van der Waals surface area contributed by atoms with Gasteiger partial charge < -0.3 is 15.0 Å². The topological polar surface area (TPSA) is 109 Å². The van der Waals surface area contributed by atoms with Gasteiger partial charge in [-0.3, -0.25) is 4.79 Å². The maximum Gasteiger partial charge on any atom is 0.501 e. The third kappa shape index (κ3) is 4.57. The minimum atomic E-state index is -5.55. The zero-order valence-electron chi connectivity index (χ0n) is 18.9. The Bertz CT molecular complexity index is 1240. The molecular weight excluding hydrogens is 489 g/mol. The van der Waals surface area contributed by atoms with Crippen molar-refractivity contribution in [1.29, 1.82) is 0 Å². The Morgan fingerprint density at radius 3 is 2.46 bits per heavy atom. The first-order valence-corrected chi connectivity index (χ1v) is 12.2. The van der Waals surface area contributed by atoms with Gasteiger partial charge in [0, 0.05) is 19.3 Å². The second kappa shape index (κ2) is 8.79. The molecular formula is C22H23F3N4O5S. The number of benzene rings is 1. The Kier molecular flexibility index (Phi) is 6.26. The summed E-state index contributed by atoms with van der Waals surface area (Å²) in [5, 5.41) is 3.26. The molecule has 3 amide bonds. The van der Waals surface area contributed by atoms with Gasteiger partial charge in [0.2, 0.25) is 0 Å². The number of halogens is 3. The van der Waals surface area contributed by atoms with E-state index in [4.69, 9.17) is 4.74 Å². The third-order valence-corrected chi connectivity index (χ3v) is 7.48. The maximum atomic E-state index is 13.2. The summed E-state index contributed by atoms with van der Waals surface area (Å²) in [4.78, 5) is 31.8. The third-order valence-electron chi connectivity index (χ3n) is 5.98. The molecule has 13 heteroatoms. The van der Waals surface area contributed by atoms with E-state index in [-0.39, 0.29) is 18.3 Å². The molecule has 2 fully saturated rings. The molecule has 0 radical (unpaired) electrons. The number of sulfone groups is 1. The van der Waals surface area contributed by atoms with E-state index in [1.165, 1.54) is 4.90 Å². The van der Waals surface area contributed by atoms with Crippen molar-refractivity contribution in [2.45, 2.75) is 48.8 Å². The van der Waals surface area contributed by atoms with Gasteiger partial charge in [-0.05, 0) is 62.2 Å². The number of carbonyl (C=O) groups excluding carboxylic acids is 2. The Balaban J connectivity index is 1.56. The van der Waals surface area contributed by atoms with E-state index in [1.54, 1.807) is 32.2 Å². The van der Waals surface area contributed by atoms with Crippen LogP contribution in [0.1, 0.15) is 25.8 Å². The number of anilines is 2. The summed E-state index contributed by atoms with van der Waals surface area (Å²) in [6, 6.07) is 6.39. The summed E-state index contributed by atoms with van der Waals surface area (Å²) >= 11 is 0. The minimum Gasteiger partial charge on any atom is -0.379 e. The van der Waals surface area contributed by atoms with Crippen LogP contribution in [0.4, 0.5) is 29.5 Å². The van der Waals surface area contributed by atoms with Crippen molar-refractivity contribution in [3.63, 3.8) is 0 Å². The van der Waals surface area contributed by atoms with Crippen LogP contribution in [0, 0.1) is 0 Å². The fourth-order valence-corrected chi connectivity index (χ4v) is 4.69. The zero-order valence-corrected chi connectivity index (χ0v) is 19.7. The fourth-order valence-electron chi connectivity index (χ4n) is 3.93. The molecule has 0 saturated carbocycles. The fraction of sp³-hybridized carbons (Fsp3) is 0.409. The largest absolute Gasteiger partial charge is 0.501 e. The molecule has 0 spiro atoms. The summed E-state index contributed by atoms with van der Waals surface area (Å²) in [7, 11) is -5.55. The van der Waals surface area contributed by atoms with Crippen molar-refractivity contribution in [1.82, 2.24) is 9.88 Å². The molecule has 4 rings (SSSR count). The van der Waals surface area contributed by atoms with E-state index >= 15 is 0 Å². The Hall–Kier alpha value is -3.19. The van der Waals surface area contributed by atoms with Crippen molar-refractivity contribution in [2.24, 2.45) is 0 Å².